The van der Waals surface area contributed by atoms with Gasteiger partial charge in [-0.05, 0) is 76.2 Å². The number of hydrogen-bond donors (Lipinski definition) is 4. The van der Waals surface area contributed by atoms with Gasteiger partial charge in [0, 0.05) is 25.0 Å². The third-order valence-electron chi connectivity index (χ3n) is 8.50. The van der Waals surface area contributed by atoms with Crippen molar-refractivity contribution in [2.75, 3.05) is 0 Å². The number of hydrogen-bond acceptors (Lipinski definition) is 4. The second-order valence-corrected chi connectivity index (χ2v) is 12.8. The van der Waals surface area contributed by atoms with E-state index in [1.807, 2.05) is 0 Å². The molecule has 0 spiro atoms. The molecule has 0 bridgehead atoms. The molecule has 0 aliphatic rings. The molecule has 0 saturated carbocycles. The molecule has 6 aromatic carbocycles. The first-order chi connectivity index (χ1) is 21.0. The Kier molecular flexibility index (Phi) is 8.83. The van der Waals surface area contributed by atoms with Crippen LogP contribution in [-0.4, -0.2) is 0 Å². The molecule has 0 heterocycles. The first-order valence-electron chi connectivity index (χ1n) is 14.2. The molecule has 0 unspecified atom stereocenters. The molecule has 0 N–H and O–H groups in total. The summed E-state index contributed by atoms with van der Waals surface area (Å²) in [5.41, 5.74) is 5.45. The Labute approximate surface area is 276 Å². The largest absolute Gasteiger partial charge is 0.143 e. The van der Waals surface area contributed by atoms with E-state index in [1.165, 1.54) is 5.56 Å². The first kappa shape index (κ1) is 29.8. The summed E-state index contributed by atoms with van der Waals surface area (Å²) >= 11 is 19.8. The number of thiol groups is 4. The summed E-state index contributed by atoms with van der Waals surface area (Å²) in [5, 5.41) is 0. The molecule has 0 fully saturated rings. The summed E-state index contributed by atoms with van der Waals surface area (Å²) in [6.07, 6.45) is 0.699. The van der Waals surface area contributed by atoms with E-state index in [1.54, 1.807) is 0 Å². The van der Waals surface area contributed by atoms with Crippen molar-refractivity contribution in [1.29, 1.82) is 0 Å². The molecule has 0 nitrogen and oxygen atoms in total. The average Bonchev–Trinajstić information content (AvgIpc) is 3.04. The Morgan fingerprint density at radius 1 is 0.372 bits per heavy atom. The van der Waals surface area contributed by atoms with Gasteiger partial charge in [0.1, 0.15) is 0 Å². The summed E-state index contributed by atoms with van der Waals surface area (Å²) in [7, 11) is 0. The van der Waals surface area contributed by atoms with Gasteiger partial charge in [0.15, 0.2) is 0 Å². The monoisotopic (exact) mass is 628 g/mol. The molecular weight excluding hydrogens is 597 g/mol. The van der Waals surface area contributed by atoms with Crippen molar-refractivity contribution in [3.63, 3.8) is 0 Å². The summed E-state index contributed by atoms with van der Waals surface area (Å²) in [6, 6.07) is 56.0. The van der Waals surface area contributed by atoms with E-state index in [2.05, 4.69) is 158 Å². The molecular formula is C39H32S4. The molecule has 0 atom stereocenters. The summed E-state index contributed by atoms with van der Waals surface area (Å²) < 4.78 is 0. The first-order valence-corrected chi connectivity index (χ1v) is 16.0. The fourth-order valence-electron chi connectivity index (χ4n) is 6.76. The van der Waals surface area contributed by atoms with Gasteiger partial charge in [-0.25, -0.2) is 0 Å². The van der Waals surface area contributed by atoms with Gasteiger partial charge in [0.2, 0.25) is 0 Å². The maximum atomic E-state index is 5.19. The smallest absolute Gasteiger partial charge is 0.0613 e. The van der Waals surface area contributed by atoms with Gasteiger partial charge in [0.05, 0.1) is 5.41 Å². The molecule has 0 saturated heterocycles. The molecule has 0 aromatic heterocycles. The zero-order chi connectivity index (χ0) is 29.9. The van der Waals surface area contributed by atoms with E-state index in [4.69, 9.17) is 50.5 Å². The number of benzene rings is 6. The van der Waals surface area contributed by atoms with Crippen LogP contribution in [0.4, 0.5) is 0 Å². The quantitative estimate of drug-likeness (QED) is 0.0936. The summed E-state index contributed by atoms with van der Waals surface area (Å²) in [5.74, 6) is 0. The third-order valence-corrected chi connectivity index (χ3v) is 9.87. The van der Waals surface area contributed by atoms with Crippen molar-refractivity contribution in [3.05, 3.63) is 191 Å². The van der Waals surface area contributed by atoms with Crippen LogP contribution in [0.5, 0.6) is 0 Å². The van der Waals surface area contributed by atoms with Gasteiger partial charge in [-0.2, -0.15) is 0 Å². The highest BCUT2D eigenvalue weighted by molar-refractivity contribution is 7.80. The lowest BCUT2D eigenvalue weighted by molar-refractivity contribution is 0.344. The fourth-order valence-corrected chi connectivity index (χ4v) is 7.72. The third kappa shape index (κ3) is 5.36. The molecule has 6 rings (SSSR count). The van der Waals surface area contributed by atoms with E-state index in [-0.39, 0.29) is 0 Å². The van der Waals surface area contributed by atoms with Crippen LogP contribution >= 0.6 is 50.5 Å². The highest BCUT2D eigenvalue weighted by Gasteiger charge is 2.57. The Morgan fingerprint density at radius 2 is 0.767 bits per heavy atom. The van der Waals surface area contributed by atoms with Crippen molar-refractivity contribution < 1.29 is 0 Å². The lowest BCUT2D eigenvalue weighted by Crippen LogP contribution is -2.53. The maximum Gasteiger partial charge on any atom is 0.0613 e. The SMILES string of the molecule is Sc1ccc(C(Cc2ccccc2)(c2ccc(S)cc2)C(c2ccccc2)(c2ccccc2S)c2ccccc2S)cc1. The van der Waals surface area contributed by atoms with E-state index in [0.29, 0.717) is 6.42 Å². The van der Waals surface area contributed by atoms with E-state index >= 15 is 0 Å². The highest BCUT2D eigenvalue weighted by atomic mass is 32.1. The minimum Gasteiger partial charge on any atom is -0.143 e. The second-order valence-electron chi connectivity index (χ2n) is 10.8. The molecule has 4 heteroatoms. The zero-order valence-corrected chi connectivity index (χ0v) is 27.1. The molecule has 0 amide bonds. The normalized spacial score (nSPS) is 11.8. The van der Waals surface area contributed by atoms with E-state index in [9.17, 15) is 0 Å². The van der Waals surface area contributed by atoms with Crippen LogP contribution in [0.1, 0.15) is 33.4 Å². The van der Waals surface area contributed by atoms with E-state index < -0.39 is 10.8 Å². The van der Waals surface area contributed by atoms with Crippen LogP contribution in [0.25, 0.3) is 0 Å². The van der Waals surface area contributed by atoms with Gasteiger partial charge >= 0.3 is 0 Å². The lowest BCUT2D eigenvalue weighted by Gasteiger charge is -2.54. The average molecular weight is 629 g/mol. The minimum atomic E-state index is -0.781. The second kappa shape index (κ2) is 12.8. The van der Waals surface area contributed by atoms with Crippen LogP contribution in [0.2, 0.25) is 0 Å². The fraction of sp³-hybridized carbons (Fsp3) is 0.0769. The molecule has 0 radical (unpaired) electrons. The topological polar surface area (TPSA) is 0 Å². The molecule has 212 valence electrons. The van der Waals surface area contributed by atoms with Crippen molar-refractivity contribution in [1.82, 2.24) is 0 Å². The maximum absolute atomic E-state index is 5.19. The van der Waals surface area contributed by atoms with Crippen molar-refractivity contribution in [2.24, 2.45) is 0 Å². The molecule has 43 heavy (non-hydrogen) atoms. The minimum absolute atomic E-state index is 0.684. The predicted octanol–water partition coefficient (Wildman–Crippen LogP) is 10.4. The van der Waals surface area contributed by atoms with E-state index in [0.717, 1.165) is 47.4 Å². The van der Waals surface area contributed by atoms with Gasteiger partial charge in [0.25, 0.3) is 0 Å². The van der Waals surface area contributed by atoms with Gasteiger partial charge in [-0.1, -0.05) is 121 Å². The van der Waals surface area contributed by atoms with Crippen molar-refractivity contribution >= 4 is 50.5 Å². The molecule has 0 aliphatic heterocycles. The Hall–Kier alpha value is -3.28. The van der Waals surface area contributed by atoms with Crippen LogP contribution in [0, 0.1) is 0 Å². The van der Waals surface area contributed by atoms with Crippen molar-refractivity contribution in [2.45, 2.75) is 36.8 Å². The molecule has 0 aliphatic carbocycles. The summed E-state index contributed by atoms with van der Waals surface area (Å²) in [6.45, 7) is 0. The lowest BCUT2D eigenvalue weighted by atomic mass is 9.47. The van der Waals surface area contributed by atoms with Crippen LogP contribution < -0.4 is 0 Å². The van der Waals surface area contributed by atoms with Crippen molar-refractivity contribution in [3.8, 4) is 0 Å². The predicted molar refractivity (Wildman–Crippen MR) is 192 cm³/mol. The molecule has 6 aromatic rings. The zero-order valence-electron chi connectivity index (χ0n) is 23.5. The Balaban J connectivity index is 1.92. The highest BCUT2D eigenvalue weighted by Crippen LogP contribution is 2.60. The Bertz CT molecular complexity index is 1720. The standard InChI is InChI=1S/C39H32S4/c40-32-23-19-29(20-24-32)38(27-28-11-3-1-4-12-28,30-21-25-33(41)26-22-30)39(31-13-5-2-6-14-31,34-15-7-9-17-36(34)42)35-16-8-10-18-37(35)43/h1-26,40-43H,27H2. The Morgan fingerprint density at radius 3 is 1.21 bits per heavy atom. The van der Waals surface area contributed by atoms with Gasteiger partial charge in [-0.3, -0.25) is 0 Å². The van der Waals surface area contributed by atoms with Crippen LogP contribution in [-0.2, 0) is 17.3 Å². The van der Waals surface area contributed by atoms with Crippen LogP contribution in [0.3, 0.4) is 0 Å². The van der Waals surface area contributed by atoms with Gasteiger partial charge in [-0.15, -0.1) is 50.5 Å². The van der Waals surface area contributed by atoms with Crippen LogP contribution in [0.15, 0.2) is 177 Å². The number of rotatable bonds is 8. The van der Waals surface area contributed by atoms with Gasteiger partial charge < -0.3 is 0 Å². The summed E-state index contributed by atoms with van der Waals surface area (Å²) in [4.78, 5) is 3.66.